The first-order chi connectivity index (χ1) is 12.6. The summed E-state index contributed by atoms with van der Waals surface area (Å²) in [5.74, 6) is 0.929. The van der Waals surface area contributed by atoms with Gasteiger partial charge in [-0.1, -0.05) is 23.7 Å². The zero-order valence-corrected chi connectivity index (χ0v) is 15.6. The van der Waals surface area contributed by atoms with Gasteiger partial charge in [0.05, 0.1) is 16.9 Å². The number of nitrogens with one attached hydrogen (secondary N) is 1. The molecule has 0 fully saturated rings. The molecule has 134 valence electrons. The smallest absolute Gasteiger partial charge is 0.262 e. The van der Waals surface area contributed by atoms with Crippen molar-refractivity contribution in [3.63, 3.8) is 0 Å². The number of benzene rings is 2. The molecule has 3 rings (SSSR count). The first-order valence-electron chi connectivity index (χ1n) is 7.89. The van der Waals surface area contributed by atoms with Gasteiger partial charge in [0, 0.05) is 10.4 Å². The van der Waals surface area contributed by atoms with Crippen LogP contribution in [0.5, 0.6) is 11.5 Å². The predicted molar refractivity (Wildman–Crippen MR) is 103 cm³/mol. The Bertz CT molecular complexity index is 884. The molecule has 0 bridgehead atoms. The lowest BCUT2D eigenvalue weighted by atomic mass is 10.2. The molecule has 5 nitrogen and oxygen atoms in total. The highest BCUT2D eigenvalue weighted by Crippen LogP contribution is 2.25. The monoisotopic (exact) mass is 388 g/mol. The van der Waals surface area contributed by atoms with E-state index in [1.807, 2.05) is 24.4 Å². The first kappa shape index (κ1) is 18.2. The number of ether oxygens (including phenoxy) is 2. The number of hydrogen-bond acceptors (Lipinski definition) is 5. The average Bonchev–Trinajstić information content (AvgIpc) is 3.14. The van der Waals surface area contributed by atoms with Gasteiger partial charge in [-0.3, -0.25) is 4.79 Å². The molecular weight excluding hydrogens is 372 g/mol. The van der Waals surface area contributed by atoms with E-state index >= 15 is 0 Å². The van der Waals surface area contributed by atoms with Crippen LogP contribution < -0.4 is 14.8 Å². The summed E-state index contributed by atoms with van der Waals surface area (Å²) < 4.78 is 11.3. The molecule has 0 saturated carbocycles. The summed E-state index contributed by atoms with van der Waals surface area (Å²) in [4.78, 5) is 16.4. The van der Waals surface area contributed by atoms with E-state index in [1.165, 1.54) is 11.3 Å². The number of anilines is 1. The number of carbonyl (C=O) groups is 1. The molecule has 1 N–H and O–H groups in total. The van der Waals surface area contributed by atoms with Crippen LogP contribution in [0.1, 0.15) is 11.3 Å². The van der Waals surface area contributed by atoms with Crippen LogP contribution >= 0.6 is 22.9 Å². The van der Waals surface area contributed by atoms with Crippen LogP contribution in [0.2, 0.25) is 5.02 Å². The Labute approximate surface area is 160 Å². The third kappa shape index (κ3) is 4.97. The molecule has 3 aromatic rings. The third-order valence-electron chi connectivity index (χ3n) is 3.52. The fourth-order valence-electron chi connectivity index (χ4n) is 2.26. The van der Waals surface area contributed by atoms with E-state index in [9.17, 15) is 4.79 Å². The van der Waals surface area contributed by atoms with E-state index in [0.717, 1.165) is 11.3 Å². The van der Waals surface area contributed by atoms with E-state index in [1.54, 1.807) is 35.8 Å². The number of aromatic nitrogens is 1. The van der Waals surface area contributed by atoms with Crippen LogP contribution in [0.25, 0.3) is 0 Å². The van der Waals surface area contributed by atoms with E-state index < -0.39 is 0 Å². The zero-order valence-electron chi connectivity index (χ0n) is 14.1. The van der Waals surface area contributed by atoms with Gasteiger partial charge >= 0.3 is 0 Å². The molecule has 0 saturated heterocycles. The summed E-state index contributed by atoms with van der Waals surface area (Å²) in [6.07, 6.45) is 0. The molecule has 2 aromatic carbocycles. The van der Waals surface area contributed by atoms with E-state index in [0.29, 0.717) is 28.8 Å². The summed E-state index contributed by atoms with van der Waals surface area (Å²) in [6, 6.07) is 12.5. The summed E-state index contributed by atoms with van der Waals surface area (Å²) in [5.41, 5.74) is 4.06. The van der Waals surface area contributed by atoms with Crippen molar-refractivity contribution in [2.24, 2.45) is 0 Å². The Kier molecular flexibility index (Phi) is 6.09. The van der Waals surface area contributed by atoms with Gasteiger partial charge in [-0.2, -0.15) is 0 Å². The SMILES string of the molecule is Cc1cc(Cl)ccc1OCC(=O)Nc1ccccc1OCc1cscn1. The summed E-state index contributed by atoms with van der Waals surface area (Å²) >= 11 is 7.43. The fraction of sp³-hybridized carbons (Fsp3) is 0.158. The molecular formula is C19H17ClN2O3S. The van der Waals surface area contributed by atoms with Crippen molar-refractivity contribution in [1.29, 1.82) is 0 Å². The maximum absolute atomic E-state index is 12.2. The molecule has 1 heterocycles. The molecule has 1 aromatic heterocycles. The predicted octanol–water partition coefficient (Wildman–Crippen LogP) is 4.70. The molecule has 1 amide bonds. The molecule has 0 aliphatic carbocycles. The molecule has 0 unspecified atom stereocenters. The lowest BCUT2D eigenvalue weighted by Gasteiger charge is -2.13. The van der Waals surface area contributed by atoms with E-state index in [-0.39, 0.29) is 12.5 Å². The van der Waals surface area contributed by atoms with Crippen molar-refractivity contribution in [3.8, 4) is 11.5 Å². The first-order valence-corrected chi connectivity index (χ1v) is 9.21. The van der Waals surface area contributed by atoms with Gasteiger partial charge in [-0.05, 0) is 42.8 Å². The minimum absolute atomic E-state index is 0.108. The van der Waals surface area contributed by atoms with Gasteiger partial charge in [-0.25, -0.2) is 4.98 Å². The molecule has 0 atom stereocenters. The van der Waals surface area contributed by atoms with Gasteiger partial charge in [0.2, 0.25) is 0 Å². The molecule has 7 heteroatoms. The van der Waals surface area contributed by atoms with Gasteiger partial charge in [-0.15, -0.1) is 11.3 Å². The lowest BCUT2D eigenvalue weighted by molar-refractivity contribution is -0.118. The number of para-hydroxylation sites is 2. The molecule has 0 aliphatic heterocycles. The fourth-order valence-corrected chi connectivity index (χ4v) is 3.03. The Balaban J connectivity index is 1.58. The second kappa shape index (κ2) is 8.69. The van der Waals surface area contributed by atoms with Crippen LogP contribution in [0.3, 0.4) is 0 Å². The Morgan fingerprint density at radius 3 is 2.81 bits per heavy atom. The third-order valence-corrected chi connectivity index (χ3v) is 4.39. The van der Waals surface area contributed by atoms with Crippen molar-refractivity contribution in [1.82, 2.24) is 4.98 Å². The number of thiazole rings is 1. The number of nitrogens with zero attached hydrogens (tertiary/aromatic N) is 1. The summed E-state index contributed by atoms with van der Waals surface area (Å²) in [7, 11) is 0. The Hall–Kier alpha value is -2.57. The number of rotatable bonds is 7. The highest BCUT2D eigenvalue weighted by Gasteiger charge is 2.10. The highest BCUT2D eigenvalue weighted by molar-refractivity contribution is 7.07. The summed E-state index contributed by atoms with van der Waals surface area (Å²) in [5, 5.41) is 5.36. The highest BCUT2D eigenvalue weighted by atomic mass is 35.5. The minimum atomic E-state index is -0.274. The second-order valence-corrected chi connectivity index (χ2v) is 6.67. The number of aryl methyl sites for hydroxylation is 1. The molecule has 0 radical (unpaired) electrons. The van der Waals surface area contributed by atoms with Crippen molar-refractivity contribution < 1.29 is 14.3 Å². The van der Waals surface area contributed by atoms with Gasteiger partial charge < -0.3 is 14.8 Å². The molecule has 26 heavy (non-hydrogen) atoms. The van der Waals surface area contributed by atoms with Crippen LogP contribution in [0.15, 0.2) is 53.4 Å². The number of halogens is 1. The van der Waals surface area contributed by atoms with Gasteiger partial charge in [0.15, 0.2) is 6.61 Å². The Morgan fingerprint density at radius 1 is 1.19 bits per heavy atom. The zero-order chi connectivity index (χ0) is 18.4. The average molecular weight is 389 g/mol. The van der Waals surface area contributed by atoms with Crippen molar-refractivity contribution in [2.75, 3.05) is 11.9 Å². The topological polar surface area (TPSA) is 60.5 Å². The van der Waals surface area contributed by atoms with Gasteiger partial charge in [0.25, 0.3) is 5.91 Å². The second-order valence-electron chi connectivity index (χ2n) is 5.51. The van der Waals surface area contributed by atoms with Crippen LogP contribution in [0, 0.1) is 6.92 Å². The number of hydrogen-bond donors (Lipinski definition) is 1. The van der Waals surface area contributed by atoms with Crippen molar-refractivity contribution in [3.05, 3.63) is 69.6 Å². The summed E-state index contributed by atoms with van der Waals surface area (Å²) in [6.45, 7) is 2.11. The van der Waals surface area contributed by atoms with Crippen LogP contribution in [-0.4, -0.2) is 17.5 Å². The Morgan fingerprint density at radius 2 is 2.04 bits per heavy atom. The maximum Gasteiger partial charge on any atom is 0.262 e. The maximum atomic E-state index is 12.2. The largest absolute Gasteiger partial charge is 0.485 e. The van der Waals surface area contributed by atoms with Crippen molar-refractivity contribution >= 4 is 34.5 Å². The normalized spacial score (nSPS) is 10.4. The van der Waals surface area contributed by atoms with Crippen LogP contribution in [-0.2, 0) is 11.4 Å². The number of carbonyl (C=O) groups excluding carboxylic acids is 1. The van der Waals surface area contributed by atoms with Gasteiger partial charge in [0.1, 0.15) is 18.1 Å². The quantitative estimate of drug-likeness (QED) is 0.637. The molecule has 0 aliphatic rings. The molecule has 0 spiro atoms. The standard InChI is InChI=1S/C19H17ClN2O3S/c1-13-8-14(20)6-7-17(13)25-10-19(23)22-16-4-2-3-5-18(16)24-9-15-11-26-12-21-15/h2-8,11-12H,9-10H2,1H3,(H,22,23). The van der Waals surface area contributed by atoms with E-state index in [2.05, 4.69) is 10.3 Å². The lowest BCUT2D eigenvalue weighted by Crippen LogP contribution is -2.20. The van der Waals surface area contributed by atoms with Crippen LogP contribution in [0.4, 0.5) is 5.69 Å². The minimum Gasteiger partial charge on any atom is -0.485 e. The van der Waals surface area contributed by atoms with Crippen molar-refractivity contribution in [2.45, 2.75) is 13.5 Å². The number of amides is 1. The van der Waals surface area contributed by atoms with E-state index in [4.69, 9.17) is 21.1 Å².